The van der Waals surface area contributed by atoms with Gasteiger partial charge in [-0.25, -0.2) is 13.1 Å². The molecule has 1 saturated carbocycles. The summed E-state index contributed by atoms with van der Waals surface area (Å²) < 4.78 is 25.5. The van der Waals surface area contributed by atoms with E-state index in [1.165, 1.54) is 0 Å². The van der Waals surface area contributed by atoms with Crippen LogP contribution in [-0.4, -0.2) is 31.4 Å². The van der Waals surface area contributed by atoms with Crippen LogP contribution in [0.3, 0.4) is 0 Å². The first kappa shape index (κ1) is 11.9. The van der Waals surface area contributed by atoms with Crippen LogP contribution in [0.15, 0.2) is 0 Å². The van der Waals surface area contributed by atoms with Gasteiger partial charge in [-0.15, -0.1) is 0 Å². The molecule has 2 atom stereocenters. The molecule has 1 aliphatic carbocycles. The third-order valence-electron chi connectivity index (χ3n) is 3.01. The van der Waals surface area contributed by atoms with Crippen LogP contribution in [0, 0.1) is 5.41 Å². The van der Waals surface area contributed by atoms with Crippen LogP contribution in [0.1, 0.15) is 33.6 Å². The van der Waals surface area contributed by atoms with Crippen molar-refractivity contribution in [1.29, 1.82) is 0 Å². The molecule has 0 aromatic carbocycles. The van der Waals surface area contributed by atoms with Crippen LogP contribution in [0.5, 0.6) is 0 Å². The fraction of sp³-hybridized carbons (Fsp3) is 1.00. The smallest absolute Gasteiger partial charge is 0.211 e. The van der Waals surface area contributed by atoms with E-state index in [-0.39, 0.29) is 17.2 Å². The van der Waals surface area contributed by atoms with Gasteiger partial charge in [-0.1, -0.05) is 20.8 Å². The minimum absolute atomic E-state index is 0.117. The highest BCUT2D eigenvalue weighted by Crippen LogP contribution is 2.40. The molecular formula is C9H19NO3S. The Morgan fingerprint density at radius 3 is 2.43 bits per heavy atom. The van der Waals surface area contributed by atoms with Gasteiger partial charge in [-0.05, 0) is 12.8 Å². The Labute approximate surface area is 85.8 Å². The number of hydrogen-bond donors (Lipinski definition) is 2. The van der Waals surface area contributed by atoms with Crippen LogP contribution in [0.2, 0.25) is 0 Å². The molecule has 0 aromatic heterocycles. The lowest BCUT2D eigenvalue weighted by Gasteiger charge is -2.49. The summed E-state index contributed by atoms with van der Waals surface area (Å²) in [5.41, 5.74) is -0.333. The average molecular weight is 221 g/mol. The first-order chi connectivity index (χ1) is 6.29. The van der Waals surface area contributed by atoms with E-state index in [4.69, 9.17) is 0 Å². The van der Waals surface area contributed by atoms with E-state index >= 15 is 0 Å². The highest BCUT2D eigenvalue weighted by atomic mass is 32.2. The van der Waals surface area contributed by atoms with Gasteiger partial charge >= 0.3 is 0 Å². The van der Waals surface area contributed by atoms with E-state index in [9.17, 15) is 13.5 Å². The Morgan fingerprint density at radius 2 is 2.07 bits per heavy atom. The minimum atomic E-state index is -3.15. The molecule has 1 fully saturated rings. The highest BCUT2D eigenvalue weighted by molar-refractivity contribution is 7.89. The van der Waals surface area contributed by atoms with Gasteiger partial charge in [-0.3, -0.25) is 0 Å². The van der Waals surface area contributed by atoms with Gasteiger partial charge in [-0.2, -0.15) is 0 Å². The number of nitrogens with one attached hydrogen (secondary N) is 1. The number of aliphatic hydroxyl groups is 1. The molecule has 0 aliphatic heterocycles. The molecule has 2 unspecified atom stereocenters. The van der Waals surface area contributed by atoms with Gasteiger partial charge in [0, 0.05) is 11.5 Å². The summed E-state index contributed by atoms with van der Waals surface area (Å²) in [7, 11) is -3.15. The normalized spacial score (nSPS) is 31.1. The lowest BCUT2D eigenvalue weighted by atomic mass is 9.65. The molecule has 14 heavy (non-hydrogen) atoms. The molecule has 5 heteroatoms. The first-order valence-electron chi connectivity index (χ1n) is 4.97. The van der Waals surface area contributed by atoms with Crippen molar-refractivity contribution in [3.8, 4) is 0 Å². The van der Waals surface area contributed by atoms with Gasteiger partial charge in [0.2, 0.25) is 10.0 Å². The second-order valence-corrected chi connectivity index (χ2v) is 6.44. The van der Waals surface area contributed by atoms with E-state index in [0.29, 0.717) is 12.8 Å². The Kier molecular flexibility index (Phi) is 3.23. The SMILES string of the molecule is CCCS(=O)(=O)NC1CC(O)C1(C)C. The third kappa shape index (κ3) is 2.27. The van der Waals surface area contributed by atoms with Crippen molar-refractivity contribution in [3.05, 3.63) is 0 Å². The standard InChI is InChI=1S/C9H19NO3S/c1-4-5-14(12,13)10-7-6-8(11)9(7,2)3/h7-8,10-11H,4-6H2,1-3H3. The maximum absolute atomic E-state index is 11.4. The zero-order valence-electron chi connectivity index (χ0n) is 8.95. The van der Waals surface area contributed by atoms with Gasteiger partial charge < -0.3 is 5.11 Å². The van der Waals surface area contributed by atoms with Crippen LogP contribution in [0.25, 0.3) is 0 Å². The molecule has 84 valence electrons. The molecule has 0 aromatic rings. The fourth-order valence-corrected chi connectivity index (χ4v) is 3.14. The molecule has 0 radical (unpaired) electrons. The molecule has 0 amide bonds. The maximum atomic E-state index is 11.4. The van der Waals surface area contributed by atoms with Crippen molar-refractivity contribution in [1.82, 2.24) is 4.72 Å². The van der Waals surface area contributed by atoms with Crippen molar-refractivity contribution in [3.63, 3.8) is 0 Å². The van der Waals surface area contributed by atoms with E-state index in [0.717, 1.165) is 0 Å². The largest absolute Gasteiger partial charge is 0.392 e. The molecular weight excluding hydrogens is 202 g/mol. The van der Waals surface area contributed by atoms with E-state index < -0.39 is 16.1 Å². The molecule has 0 bridgehead atoms. The summed E-state index contributed by atoms with van der Waals surface area (Å²) >= 11 is 0. The Balaban J connectivity index is 2.56. The lowest BCUT2D eigenvalue weighted by molar-refractivity contribution is -0.0645. The quantitative estimate of drug-likeness (QED) is 0.725. The Morgan fingerprint density at radius 1 is 1.50 bits per heavy atom. The van der Waals surface area contributed by atoms with Gasteiger partial charge in [0.25, 0.3) is 0 Å². The second kappa shape index (κ2) is 3.79. The monoisotopic (exact) mass is 221 g/mol. The van der Waals surface area contributed by atoms with Crippen molar-refractivity contribution >= 4 is 10.0 Å². The number of aliphatic hydroxyl groups excluding tert-OH is 1. The van der Waals surface area contributed by atoms with Crippen molar-refractivity contribution in [2.45, 2.75) is 45.8 Å². The van der Waals surface area contributed by atoms with Gasteiger partial charge in [0.15, 0.2) is 0 Å². The highest BCUT2D eigenvalue weighted by Gasteiger charge is 2.48. The topological polar surface area (TPSA) is 66.4 Å². The maximum Gasteiger partial charge on any atom is 0.211 e. The van der Waals surface area contributed by atoms with Crippen molar-refractivity contribution in [2.75, 3.05) is 5.75 Å². The number of sulfonamides is 1. The molecule has 1 rings (SSSR count). The summed E-state index contributed by atoms with van der Waals surface area (Å²) in [5.74, 6) is 0.162. The van der Waals surface area contributed by atoms with Crippen LogP contribution >= 0.6 is 0 Å². The zero-order valence-corrected chi connectivity index (χ0v) is 9.76. The van der Waals surface area contributed by atoms with Crippen LogP contribution in [-0.2, 0) is 10.0 Å². The summed E-state index contributed by atoms with van der Waals surface area (Å²) in [6.45, 7) is 5.58. The molecule has 1 aliphatic rings. The lowest BCUT2D eigenvalue weighted by Crippen LogP contribution is -2.61. The fourth-order valence-electron chi connectivity index (χ4n) is 1.65. The average Bonchev–Trinajstić information content (AvgIpc) is 2.03. The number of rotatable bonds is 4. The molecule has 2 N–H and O–H groups in total. The summed E-state index contributed by atoms with van der Waals surface area (Å²) in [6, 6.07) is -0.117. The van der Waals surface area contributed by atoms with E-state index in [2.05, 4.69) is 4.72 Å². The summed E-state index contributed by atoms with van der Waals surface area (Å²) in [6.07, 6.45) is 0.748. The Bertz CT molecular complexity index is 297. The van der Waals surface area contributed by atoms with Crippen LogP contribution in [0.4, 0.5) is 0 Å². The third-order valence-corrected chi connectivity index (χ3v) is 4.60. The zero-order chi connectivity index (χ0) is 11.0. The summed E-state index contributed by atoms with van der Waals surface area (Å²) in [5, 5.41) is 9.44. The number of hydrogen-bond acceptors (Lipinski definition) is 3. The van der Waals surface area contributed by atoms with Crippen molar-refractivity contribution < 1.29 is 13.5 Å². The van der Waals surface area contributed by atoms with Gasteiger partial charge in [0.05, 0.1) is 11.9 Å². The second-order valence-electron chi connectivity index (χ2n) is 4.56. The van der Waals surface area contributed by atoms with Crippen LogP contribution < -0.4 is 4.72 Å². The molecule has 0 heterocycles. The first-order valence-corrected chi connectivity index (χ1v) is 6.63. The Hall–Kier alpha value is -0.130. The van der Waals surface area contributed by atoms with E-state index in [1.807, 2.05) is 20.8 Å². The minimum Gasteiger partial charge on any atom is -0.392 e. The van der Waals surface area contributed by atoms with Gasteiger partial charge in [0.1, 0.15) is 0 Å². The van der Waals surface area contributed by atoms with Crippen molar-refractivity contribution in [2.24, 2.45) is 5.41 Å². The van der Waals surface area contributed by atoms with E-state index in [1.54, 1.807) is 0 Å². The molecule has 0 spiro atoms. The molecule has 0 saturated heterocycles. The predicted octanol–water partition coefficient (Wildman–Crippen LogP) is 0.475. The predicted molar refractivity (Wildman–Crippen MR) is 55.4 cm³/mol. The molecule has 4 nitrogen and oxygen atoms in total. The summed E-state index contributed by atoms with van der Waals surface area (Å²) in [4.78, 5) is 0.